The number of aliphatic hydroxyl groups is 1. The van der Waals surface area contributed by atoms with Crippen LogP contribution >= 0.6 is 0 Å². The molecule has 2 heteroatoms. The Morgan fingerprint density at radius 2 is 1.80 bits per heavy atom. The average Bonchev–Trinajstić information content (AvgIpc) is 2.10. The second-order valence-electron chi connectivity index (χ2n) is 6.01. The Hall–Kier alpha value is -0.0800. The van der Waals surface area contributed by atoms with Gasteiger partial charge in [-0.3, -0.25) is 0 Å². The van der Waals surface area contributed by atoms with Crippen LogP contribution in [-0.2, 0) is 0 Å². The Morgan fingerprint density at radius 1 is 1.20 bits per heavy atom. The molecular weight excluding hydrogens is 186 g/mol. The van der Waals surface area contributed by atoms with E-state index < -0.39 is 5.60 Å². The number of rotatable bonds is 3. The zero-order chi connectivity index (χ0) is 11.6. The lowest BCUT2D eigenvalue weighted by atomic mass is 9.78. The predicted octanol–water partition coefficient (Wildman–Crippen LogP) is 2.56. The van der Waals surface area contributed by atoms with Gasteiger partial charge in [0.15, 0.2) is 0 Å². The first kappa shape index (κ1) is 13.0. The van der Waals surface area contributed by atoms with Crippen LogP contribution in [-0.4, -0.2) is 22.8 Å². The van der Waals surface area contributed by atoms with E-state index in [9.17, 15) is 5.11 Å². The summed E-state index contributed by atoms with van der Waals surface area (Å²) in [5.41, 5.74) is -0.619. The summed E-state index contributed by atoms with van der Waals surface area (Å²) in [6, 6.07) is 0.765. The van der Waals surface area contributed by atoms with E-state index in [-0.39, 0.29) is 6.04 Å². The molecule has 15 heavy (non-hydrogen) atoms. The zero-order valence-electron chi connectivity index (χ0n) is 10.9. The van der Waals surface area contributed by atoms with Gasteiger partial charge >= 0.3 is 0 Å². The topological polar surface area (TPSA) is 32.3 Å². The minimum Gasteiger partial charge on any atom is -0.389 e. The Kier molecular flexibility index (Phi) is 4.19. The molecule has 1 rings (SSSR count). The molecule has 1 fully saturated rings. The first-order valence-electron chi connectivity index (χ1n) is 6.29. The summed E-state index contributed by atoms with van der Waals surface area (Å²) in [7, 11) is 0. The Labute approximate surface area is 94.5 Å². The molecule has 0 saturated heterocycles. The normalized spacial score (nSPS) is 35.2. The fraction of sp³-hybridized carbons (Fsp3) is 1.00. The second kappa shape index (κ2) is 4.84. The van der Waals surface area contributed by atoms with Gasteiger partial charge in [0, 0.05) is 12.1 Å². The smallest absolute Gasteiger partial charge is 0.0741 e. The highest BCUT2D eigenvalue weighted by Crippen LogP contribution is 2.29. The first-order chi connectivity index (χ1) is 6.80. The van der Waals surface area contributed by atoms with Crippen molar-refractivity contribution in [2.45, 2.75) is 71.6 Å². The number of hydrogen-bond acceptors (Lipinski definition) is 2. The summed E-state index contributed by atoms with van der Waals surface area (Å²) in [4.78, 5) is 0. The largest absolute Gasteiger partial charge is 0.389 e. The highest BCUT2D eigenvalue weighted by molar-refractivity contribution is 4.86. The van der Waals surface area contributed by atoms with Crippen LogP contribution in [0.2, 0.25) is 0 Å². The molecule has 2 nitrogen and oxygen atoms in total. The minimum atomic E-state index is -0.619. The first-order valence-corrected chi connectivity index (χ1v) is 6.29. The lowest BCUT2D eigenvalue weighted by Gasteiger charge is -2.37. The van der Waals surface area contributed by atoms with Crippen LogP contribution in [0.5, 0.6) is 0 Å². The average molecular weight is 213 g/mol. The van der Waals surface area contributed by atoms with Gasteiger partial charge in [0.05, 0.1) is 5.60 Å². The number of hydrogen-bond donors (Lipinski definition) is 2. The fourth-order valence-electron chi connectivity index (χ4n) is 2.26. The summed E-state index contributed by atoms with van der Waals surface area (Å²) >= 11 is 0. The van der Waals surface area contributed by atoms with Crippen LogP contribution in [0, 0.1) is 11.8 Å². The molecule has 4 unspecified atom stereocenters. The van der Waals surface area contributed by atoms with Gasteiger partial charge in [0.1, 0.15) is 0 Å². The molecule has 0 aromatic carbocycles. The van der Waals surface area contributed by atoms with Crippen LogP contribution < -0.4 is 5.32 Å². The van der Waals surface area contributed by atoms with Crippen molar-refractivity contribution in [1.82, 2.24) is 5.32 Å². The quantitative estimate of drug-likeness (QED) is 0.755. The van der Waals surface area contributed by atoms with E-state index in [4.69, 9.17) is 0 Å². The fourth-order valence-corrected chi connectivity index (χ4v) is 2.26. The van der Waals surface area contributed by atoms with Crippen LogP contribution in [0.15, 0.2) is 0 Å². The van der Waals surface area contributed by atoms with E-state index in [2.05, 4.69) is 26.1 Å². The maximum Gasteiger partial charge on any atom is 0.0741 e. The molecule has 0 heterocycles. The lowest BCUT2D eigenvalue weighted by Crippen LogP contribution is -2.50. The van der Waals surface area contributed by atoms with E-state index in [0.29, 0.717) is 6.04 Å². The van der Waals surface area contributed by atoms with Gasteiger partial charge in [0.2, 0.25) is 0 Å². The third-order valence-electron chi connectivity index (χ3n) is 4.14. The molecule has 90 valence electrons. The maximum absolute atomic E-state index is 9.87. The van der Waals surface area contributed by atoms with Crippen LogP contribution in [0.4, 0.5) is 0 Å². The summed E-state index contributed by atoms with van der Waals surface area (Å²) in [5, 5.41) is 13.4. The van der Waals surface area contributed by atoms with Gasteiger partial charge in [-0.25, -0.2) is 0 Å². The molecule has 0 aromatic heterocycles. The lowest BCUT2D eigenvalue weighted by molar-refractivity contribution is 0.0348. The minimum absolute atomic E-state index is 0.170. The molecule has 0 bridgehead atoms. The van der Waals surface area contributed by atoms with Crippen molar-refractivity contribution in [3.05, 3.63) is 0 Å². The van der Waals surface area contributed by atoms with Crippen molar-refractivity contribution in [3.63, 3.8) is 0 Å². The maximum atomic E-state index is 9.87. The van der Waals surface area contributed by atoms with Crippen molar-refractivity contribution in [2.24, 2.45) is 11.8 Å². The summed E-state index contributed by atoms with van der Waals surface area (Å²) < 4.78 is 0. The van der Waals surface area contributed by atoms with Crippen LogP contribution in [0.25, 0.3) is 0 Å². The molecular formula is C13H27NO. The monoisotopic (exact) mass is 213 g/mol. The van der Waals surface area contributed by atoms with Crippen molar-refractivity contribution in [2.75, 3.05) is 0 Å². The number of nitrogens with one attached hydrogen (secondary N) is 1. The van der Waals surface area contributed by atoms with Crippen LogP contribution in [0.1, 0.15) is 53.9 Å². The van der Waals surface area contributed by atoms with E-state index in [1.807, 2.05) is 13.8 Å². The Bertz CT molecular complexity index is 197. The van der Waals surface area contributed by atoms with Crippen LogP contribution in [0.3, 0.4) is 0 Å². The molecule has 1 aliphatic carbocycles. The summed E-state index contributed by atoms with van der Waals surface area (Å²) in [5.74, 6) is 1.67. The second-order valence-corrected chi connectivity index (χ2v) is 6.01. The highest BCUT2D eigenvalue weighted by atomic mass is 16.3. The SMILES string of the molecule is CC1CCC(NC(C)C(C)(C)O)CC1C. The van der Waals surface area contributed by atoms with E-state index in [0.717, 1.165) is 11.8 Å². The van der Waals surface area contributed by atoms with E-state index in [1.165, 1.54) is 19.3 Å². The van der Waals surface area contributed by atoms with Gasteiger partial charge in [0.25, 0.3) is 0 Å². The van der Waals surface area contributed by atoms with Crippen molar-refractivity contribution in [1.29, 1.82) is 0 Å². The third kappa shape index (κ3) is 3.76. The molecule has 0 amide bonds. The standard InChI is InChI=1S/C13H27NO/c1-9-6-7-12(8-10(9)2)14-11(3)13(4,5)15/h9-12,14-15H,6-8H2,1-5H3. The van der Waals surface area contributed by atoms with Crippen molar-refractivity contribution in [3.8, 4) is 0 Å². The highest BCUT2D eigenvalue weighted by Gasteiger charge is 2.29. The van der Waals surface area contributed by atoms with Crippen molar-refractivity contribution >= 4 is 0 Å². The molecule has 2 N–H and O–H groups in total. The Balaban J connectivity index is 2.40. The molecule has 1 saturated carbocycles. The molecule has 0 spiro atoms. The molecule has 0 aromatic rings. The molecule has 0 aliphatic heterocycles. The van der Waals surface area contributed by atoms with Gasteiger partial charge in [-0.05, 0) is 51.9 Å². The summed E-state index contributed by atoms with van der Waals surface area (Å²) in [6.07, 6.45) is 3.82. The predicted molar refractivity (Wildman–Crippen MR) is 64.9 cm³/mol. The molecule has 0 radical (unpaired) electrons. The van der Waals surface area contributed by atoms with E-state index in [1.54, 1.807) is 0 Å². The molecule has 1 aliphatic rings. The third-order valence-corrected chi connectivity index (χ3v) is 4.14. The van der Waals surface area contributed by atoms with Gasteiger partial charge < -0.3 is 10.4 Å². The summed E-state index contributed by atoms with van der Waals surface area (Å²) in [6.45, 7) is 10.5. The van der Waals surface area contributed by atoms with Gasteiger partial charge in [-0.2, -0.15) is 0 Å². The van der Waals surface area contributed by atoms with Gasteiger partial charge in [-0.15, -0.1) is 0 Å². The van der Waals surface area contributed by atoms with Gasteiger partial charge in [-0.1, -0.05) is 13.8 Å². The zero-order valence-corrected chi connectivity index (χ0v) is 10.9. The van der Waals surface area contributed by atoms with Crippen molar-refractivity contribution < 1.29 is 5.11 Å². The van der Waals surface area contributed by atoms with E-state index >= 15 is 0 Å². The molecule has 4 atom stereocenters. The Morgan fingerprint density at radius 3 is 2.27 bits per heavy atom.